The number of carbonyl (C=O) groups is 2. The maximum atomic E-state index is 12.3. The van der Waals surface area contributed by atoms with E-state index in [0.29, 0.717) is 11.7 Å². The zero-order valence-corrected chi connectivity index (χ0v) is 11.0. The van der Waals surface area contributed by atoms with Crippen LogP contribution in [0.3, 0.4) is 0 Å². The smallest absolute Gasteiger partial charge is 0.353 e. The van der Waals surface area contributed by atoms with Gasteiger partial charge in [0.1, 0.15) is 5.69 Å². The number of rotatable bonds is 5. The van der Waals surface area contributed by atoms with E-state index in [4.69, 9.17) is 5.11 Å². The van der Waals surface area contributed by atoms with Crippen molar-refractivity contribution in [1.82, 2.24) is 15.2 Å². The normalized spacial score (nSPS) is 10.4. The van der Waals surface area contributed by atoms with Crippen molar-refractivity contribution in [1.29, 1.82) is 0 Å². The van der Waals surface area contributed by atoms with Crippen molar-refractivity contribution < 1.29 is 14.7 Å². The minimum atomic E-state index is -1.15. The number of thiazole rings is 1. The second kappa shape index (κ2) is 5.61. The summed E-state index contributed by atoms with van der Waals surface area (Å²) in [5, 5.41) is 17.2. The number of aromatic amines is 1. The van der Waals surface area contributed by atoms with Crippen LogP contribution < -0.4 is 4.90 Å². The molecule has 0 aliphatic heterocycles. The fourth-order valence-electron chi connectivity index (χ4n) is 1.54. The van der Waals surface area contributed by atoms with Gasteiger partial charge < -0.3 is 5.11 Å². The molecule has 0 bridgehead atoms. The van der Waals surface area contributed by atoms with Crippen molar-refractivity contribution >= 4 is 28.3 Å². The van der Waals surface area contributed by atoms with Crippen LogP contribution in [0.5, 0.6) is 0 Å². The molecule has 0 aliphatic carbocycles. The molecule has 0 saturated heterocycles. The summed E-state index contributed by atoms with van der Waals surface area (Å²) < 4.78 is 0. The molecule has 0 fully saturated rings. The van der Waals surface area contributed by atoms with Gasteiger partial charge in [-0.25, -0.2) is 9.78 Å². The third-order valence-electron chi connectivity index (χ3n) is 2.37. The van der Waals surface area contributed by atoms with E-state index in [9.17, 15) is 9.59 Å². The highest BCUT2D eigenvalue weighted by Crippen LogP contribution is 2.20. The van der Waals surface area contributed by atoms with E-state index in [1.807, 2.05) is 6.92 Å². The van der Waals surface area contributed by atoms with Crippen LogP contribution in [0.1, 0.15) is 34.3 Å². The van der Waals surface area contributed by atoms with Crippen LogP contribution in [0.15, 0.2) is 17.6 Å². The summed E-state index contributed by atoms with van der Waals surface area (Å²) >= 11 is 1.35. The number of amides is 1. The van der Waals surface area contributed by atoms with E-state index in [1.54, 1.807) is 11.6 Å². The molecule has 0 saturated carbocycles. The number of carbonyl (C=O) groups excluding carboxylic acids is 1. The molecule has 0 aromatic carbocycles. The third-order valence-corrected chi connectivity index (χ3v) is 3.16. The molecule has 0 unspecified atom stereocenters. The van der Waals surface area contributed by atoms with Crippen molar-refractivity contribution in [2.75, 3.05) is 11.4 Å². The Balaban J connectivity index is 2.26. The van der Waals surface area contributed by atoms with E-state index < -0.39 is 5.97 Å². The van der Waals surface area contributed by atoms with Gasteiger partial charge in [0.25, 0.3) is 5.91 Å². The highest BCUT2D eigenvalue weighted by atomic mass is 32.1. The second-order valence-electron chi connectivity index (χ2n) is 3.74. The highest BCUT2D eigenvalue weighted by Gasteiger charge is 2.22. The van der Waals surface area contributed by atoms with Crippen LogP contribution >= 0.6 is 11.3 Å². The summed E-state index contributed by atoms with van der Waals surface area (Å²) in [4.78, 5) is 28.6. The number of carboxylic acids is 1. The molecule has 0 atom stereocenters. The first-order chi connectivity index (χ1) is 9.13. The quantitative estimate of drug-likeness (QED) is 0.867. The first kappa shape index (κ1) is 13.2. The summed E-state index contributed by atoms with van der Waals surface area (Å²) in [6.45, 7) is 2.45. The van der Waals surface area contributed by atoms with Crippen LogP contribution in [0, 0.1) is 0 Å². The Kier molecular flexibility index (Phi) is 3.91. The van der Waals surface area contributed by atoms with E-state index in [-0.39, 0.29) is 17.3 Å². The number of hydrogen-bond acceptors (Lipinski definition) is 5. The predicted octanol–water partition coefficient (Wildman–Crippen LogP) is 1.62. The minimum Gasteiger partial charge on any atom is -0.477 e. The summed E-state index contributed by atoms with van der Waals surface area (Å²) in [6, 6.07) is 1.22. The summed E-state index contributed by atoms with van der Waals surface area (Å²) in [5.74, 6) is -1.51. The van der Waals surface area contributed by atoms with Gasteiger partial charge >= 0.3 is 5.97 Å². The SMILES string of the molecule is CCCN(C(=O)c1cc(C(=O)O)[nH]n1)c1nccs1. The zero-order chi connectivity index (χ0) is 13.8. The van der Waals surface area contributed by atoms with Crippen LogP contribution in [-0.2, 0) is 0 Å². The fraction of sp³-hybridized carbons (Fsp3) is 0.273. The lowest BCUT2D eigenvalue weighted by molar-refractivity contribution is 0.0690. The second-order valence-corrected chi connectivity index (χ2v) is 4.62. The van der Waals surface area contributed by atoms with Crippen LogP contribution in [0.4, 0.5) is 5.13 Å². The molecule has 19 heavy (non-hydrogen) atoms. The molecule has 2 aromatic heterocycles. The van der Waals surface area contributed by atoms with Gasteiger partial charge in [-0.2, -0.15) is 5.10 Å². The molecule has 2 heterocycles. The number of H-pyrrole nitrogens is 1. The first-order valence-electron chi connectivity index (χ1n) is 5.63. The topological polar surface area (TPSA) is 99.2 Å². The van der Waals surface area contributed by atoms with Crippen molar-refractivity contribution in [3.8, 4) is 0 Å². The van der Waals surface area contributed by atoms with E-state index >= 15 is 0 Å². The Morgan fingerprint density at radius 3 is 2.84 bits per heavy atom. The maximum Gasteiger partial charge on any atom is 0.353 e. The van der Waals surface area contributed by atoms with Crippen molar-refractivity contribution in [3.63, 3.8) is 0 Å². The molecular weight excluding hydrogens is 268 g/mol. The molecule has 8 heteroatoms. The predicted molar refractivity (Wildman–Crippen MR) is 69.6 cm³/mol. The van der Waals surface area contributed by atoms with Gasteiger partial charge in [-0.3, -0.25) is 14.8 Å². The summed E-state index contributed by atoms with van der Waals surface area (Å²) in [7, 11) is 0. The number of aromatic carboxylic acids is 1. The third kappa shape index (κ3) is 2.79. The molecular formula is C11H12N4O3S. The molecule has 1 amide bonds. The van der Waals surface area contributed by atoms with Gasteiger partial charge in [0, 0.05) is 24.2 Å². The Labute approximate surface area is 112 Å². The van der Waals surface area contributed by atoms with Gasteiger partial charge in [0.2, 0.25) is 0 Å². The largest absolute Gasteiger partial charge is 0.477 e. The van der Waals surface area contributed by atoms with Gasteiger partial charge in [-0.1, -0.05) is 6.92 Å². The number of aromatic nitrogens is 3. The first-order valence-corrected chi connectivity index (χ1v) is 6.51. The van der Waals surface area contributed by atoms with Crippen molar-refractivity contribution in [2.24, 2.45) is 0 Å². The number of nitrogens with zero attached hydrogens (tertiary/aromatic N) is 3. The van der Waals surface area contributed by atoms with E-state index in [1.165, 1.54) is 22.3 Å². The molecule has 7 nitrogen and oxygen atoms in total. The Morgan fingerprint density at radius 2 is 2.32 bits per heavy atom. The summed E-state index contributed by atoms with van der Waals surface area (Å²) in [6.07, 6.45) is 2.38. The average Bonchev–Trinajstić information content (AvgIpc) is 3.05. The number of anilines is 1. The van der Waals surface area contributed by atoms with E-state index in [2.05, 4.69) is 15.2 Å². The van der Waals surface area contributed by atoms with Gasteiger partial charge in [0.15, 0.2) is 10.8 Å². The minimum absolute atomic E-state index is 0.0704. The lowest BCUT2D eigenvalue weighted by atomic mass is 10.3. The molecule has 2 aromatic rings. The van der Waals surface area contributed by atoms with Crippen molar-refractivity contribution in [3.05, 3.63) is 29.0 Å². The molecule has 100 valence electrons. The molecule has 2 rings (SSSR count). The Morgan fingerprint density at radius 1 is 1.53 bits per heavy atom. The van der Waals surface area contributed by atoms with Crippen molar-refractivity contribution in [2.45, 2.75) is 13.3 Å². The van der Waals surface area contributed by atoms with Gasteiger partial charge in [0.05, 0.1) is 0 Å². The molecule has 0 spiro atoms. The van der Waals surface area contributed by atoms with Gasteiger partial charge in [-0.05, 0) is 6.42 Å². The van der Waals surface area contributed by atoms with Crippen LogP contribution in [0.25, 0.3) is 0 Å². The van der Waals surface area contributed by atoms with Crippen LogP contribution in [-0.4, -0.2) is 38.7 Å². The zero-order valence-electron chi connectivity index (χ0n) is 10.2. The number of nitrogens with one attached hydrogen (secondary N) is 1. The molecule has 0 radical (unpaired) electrons. The van der Waals surface area contributed by atoms with E-state index in [0.717, 1.165) is 6.42 Å². The molecule has 2 N–H and O–H groups in total. The lowest BCUT2D eigenvalue weighted by Crippen LogP contribution is -2.31. The van der Waals surface area contributed by atoms with Crippen LogP contribution in [0.2, 0.25) is 0 Å². The Hall–Kier alpha value is -2.22. The molecule has 0 aliphatic rings. The monoisotopic (exact) mass is 280 g/mol. The summed E-state index contributed by atoms with van der Waals surface area (Å²) in [5.41, 5.74) is -0.0417. The average molecular weight is 280 g/mol. The lowest BCUT2D eigenvalue weighted by Gasteiger charge is -2.17. The highest BCUT2D eigenvalue weighted by molar-refractivity contribution is 7.13. The number of hydrogen-bond donors (Lipinski definition) is 2. The van der Waals surface area contributed by atoms with Gasteiger partial charge in [-0.15, -0.1) is 11.3 Å². The number of carboxylic acid groups (broad SMARTS) is 1. The standard InChI is InChI=1S/C11H12N4O3S/c1-2-4-15(11-12-3-5-19-11)9(16)7-6-8(10(17)18)14-13-7/h3,5-6H,2,4H2,1H3,(H,13,14)(H,17,18). The maximum absolute atomic E-state index is 12.3. The fourth-order valence-corrected chi connectivity index (χ4v) is 2.20. The Bertz CT molecular complexity index is 579.